The third-order valence-electron chi connectivity index (χ3n) is 6.11. The van der Waals surface area contributed by atoms with E-state index in [9.17, 15) is 23.1 Å². The van der Waals surface area contributed by atoms with E-state index < -0.39 is 27.6 Å². The molecule has 8 nitrogen and oxygen atoms in total. The molecule has 2 heterocycles. The molecular weight excluding hydrogens is 546 g/mol. The summed E-state index contributed by atoms with van der Waals surface area (Å²) in [6.45, 7) is 1.72. The third kappa shape index (κ3) is 4.36. The fraction of sp³-hybridized carbons (Fsp3) is 0.0741. The predicted octanol–water partition coefficient (Wildman–Crippen LogP) is 5.15. The zero-order valence-electron chi connectivity index (χ0n) is 19.8. The molecule has 0 radical (unpaired) electrons. The minimum atomic E-state index is -3.91. The molecule has 1 amide bonds. The molecule has 1 aliphatic rings. The van der Waals surface area contributed by atoms with Gasteiger partial charge in [0.05, 0.1) is 22.7 Å². The number of Topliss-reactive ketones (excluding diaryl/α,β-unsaturated/α-hetero) is 1. The molecule has 1 aromatic heterocycles. The lowest BCUT2D eigenvalue weighted by Gasteiger charge is -2.23. The summed E-state index contributed by atoms with van der Waals surface area (Å²) in [5, 5.41) is 11.7. The zero-order chi connectivity index (χ0) is 27.2. The Hall–Kier alpha value is -3.99. The number of hydrogen-bond donors (Lipinski definition) is 2. The van der Waals surface area contributed by atoms with E-state index in [0.29, 0.717) is 27.4 Å². The maximum atomic E-state index is 13.4. The van der Waals surface area contributed by atoms with Crippen LogP contribution in [-0.2, 0) is 19.4 Å². The zero-order valence-corrected chi connectivity index (χ0v) is 22.2. The lowest BCUT2D eigenvalue weighted by atomic mass is 9.94. The number of thiazole rings is 1. The molecule has 38 heavy (non-hydrogen) atoms. The molecule has 0 spiro atoms. The molecule has 3 N–H and O–H groups in total. The molecule has 5 rings (SSSR count). The highest BCUT2D eigenvalue weighted by molar-refractivity contribution is 7.93. The molecule has 192 valence electrons. The Bertz CT molecular complexity index is 1730. The topological polar surface area (TPSA) is 131 Å². The molecule has 3 aromatic carbocycles. The van der Waals surface area contributed by atoms with E-state index in [2.05, 4.69) is 4.98 Å². The van der Waals surface area contributed by atoms with Crippen molar-refractivity contribution in [1.29, 1.82) is 0 Å². The van der Waals surface area contributed by atoms with Gasteiger partial charge in [-0.2, -0.15) is 0 Å². The second kappa shape index (κ2) is 9.71. The Labute approximate surface area is 227 Å². The van der Waals surface area contributed by atoms with Crippen molar-refractivity contribution in [3.8, 4) is 0 Å². The molecule has 11 heteroatoms. The number of anilines is 2. The first-order valence-electron chi connectivity index (χ1n) is 11.3. The first kappa shape index (κ1) is 25.7. The molecule has 1 saturated heterocycles. The fourth-order valence-corrected chi connectivity index (χ4v) is 7.09. The van der Waals surface area contributed by atoms with Crippen LogP contribution < -0.4 is 10.6 Å². The summed E-state index contributed by atoms with van der Waals surface area (Å²) in [6.07, 6.45) is 1.15. The lowest BCUT2D eigenvalue weighted by molar-refractivity contribution is -0.132. The van der Waals surface area contributed by atoms with Gasteiger partial charge in [-0.05, 0) is 60.5 Å². The second-order valence-electron chi connectivity index (χ2n) is 8.58. The third-order valence-corrected chi connectivity index (χ3v) is 9.57. The van der Waals surface area contributed by atoms with Gasteiger partial charge in [0.15, 0.2) is 5.13 Å². The van der Waals surface area contributed by atoms with Crippen LogP contribution >= 0.6 is 22.9 Å². The van der Waals surface area contributed by atoms with E-state index in [4.69, 9.17) is 17.3 Å². The number of carbonyl (C=O) groups excluding carboxylic acids is 2. The van der Waals surface area contributed by atoms with Crippen molar-refractivity contribution >= 4 is 61.0 Å². The molecule has 1 aliphatic heterocycles. The van der Waals surface area contributed by atoms with Gasteiger partial charge in [-0.15, -0.1) is 0 Å². The van der Waals surface area contributed by atoms with Crippen LogP contribution in [0.5, 0.6) is 0 Å². The van der Waals surface area contributed by atoms with Gasteiger partial charge in [0.1, 0.15) is 9.97 Å². The van der Waals surface area contributed by atoms with Gasteiger partial charge in [-0.3, -0.25) is 14.5 Å². The largest absolute Gasteiger partial charge is 0.507 e. The van der Waals surface area contributed by atoms with Crippen LogP contribution in [0.1, 0.15) is 22.7 Å². The van der Waals surface area contributed by atoms with Gasteiger partial charge in [0, 0.05) is 16.3 Å². The molecule has 0 saturated carbocycles. The maximum absolute atomic E-state index is 13.4. The van der Waals surface area contributed by atoms with Crippen molar-refractivity contribution in [3.63, 3.8) is 0 Å². The number of sulfone groups is 1. The summed E-state index contributed by atoms with van der Waals surface area (Å²) in [6, 6.07) is 18.0. The van der Waals surface area contributed by atoms with Gasteiger partial charge >= 0.3 is 5.91 Å². The molecule has 1 atom stereocenters. The second-order valence-corrected chi connectivity index (χ2v) is 12.2. The number of nitrogen functional groups attached to an aromatic ring is 1. The van der Waals surface area contributed by atoms with Crippen molar-refractivity contribution in [3.05, 3.63) is 106 Å². The summed E-state index contributed by atoms with van der Waals surface area (Å²) < 4.78 is 26.2. The molecule has 0 aliphatic carbocycles. The normalized spacial score (nSPS) is 17.2. The van der Waals surface area contributed by atoms with E-state index in [1.54, 1.807) is 67.6 Å². The monoisotopic (exact) mass is 565 g/mol. The van der Waals surface area contributed by atoms with Crippen molar-refractivity contribution in [2.45, 2.75) is 22.1 Å². The number of hydrogen-bond acceptors (Lipinski definition) is 8. The van der Waals surface area contributed by atoms with Crippen LogP contribution in [0.3, 0.4) is 0 Å². The van der Waals surface area contributed by atoms with Gasteiger partial charge in [-0.25, -0.2) is 13.4 Å². The van der Waals surface area contributed by atoms with E-state index in [-0.39, 0.29) is 25.6 Å². The number of ketones is 1. The highest BCUT2D eigenvalue weighted by Gasteiger charge is 2.48. The first-order chi connectivity index (χ1) is 18.1. The Morgan fingerprint density at radius 3 is 2.47 bits per heavy atom. The smallest absolute Gasteiger partial charge is 0.301 e. The number of aliphatic hydroxyl groups is 1. The number of aromatic nitrogens is 1. The summed E-state index contributed by atoms with van der Waals surface area (Å²) in [7, 11) is -3.91. The van der Waals surface area contributed by atoms with Crippen molar-refractivity contribution < 1.29 is 23.1 Å². The highest BCUT2D eigenvalue weighted by Crippen LogP contribution is 2.45. The number of rotatable bonds is 5. The summed E-state index contributed by atoms with van der Waals surface area (Å²) in [4.78, 5) is 32.1. The SMILES string of the molecule is Cc1cc(N)ccc1C(O)=C1C(=O)C(=O)N(c2ncc(S(=O)(=O)c3ccccc3)s2)C1c1cccc(Cl)c1. The van der Waals surface area contributed by atoms with E-state index in [1.165, 1.54) is 12.1 Å². The van der Waals surface area contributed by atoms with Crippen LogP contribution in [-0.4, -0.2) is 30.2 Å². The minimum Gasteiger partial charge on any atom is -0.507 e. The molecular formula is C27H20ClN3O5S2. The van der Waals surface area contributed by atoms with Gasteiger partial charge in [0.25, 0.3) is 5.78 Å². The number of aryl methyl sites for hydroxylation is 1. The van der Waals surface area contributed by atoms with E-state index >= 15 is 0 Å². The first-order valence-corrected chi connectivity index (χ1v) is 14.0. The molecule has 1 unspecified atom stereocenters. The van der Waals surface area contributed by atoms with Crippen molar-refractivity contribution in [2.24, 2.45) is 0 Å². The average molecular weight is 566 g/mol. The summed E-state index contributed by atoms with van der Waals surface area (Å²) >= 11 is 6.99. The summed E-state index contributed by atoms with van der Waals surface area (Å²) in [5.41, 5.74) is 7.51. The average Bonchev–Trinajstić information content (AvgIpc) is 3.48. The Morgan fingerprint density at radius 1 is 1.05 bits per heavy atom. The maximum Gasteiger partial charge on any atom is 0.301 e. The standard InChI is InChI=1S/C27H20ClN3O5S2/c1-15-12-18(29)10-11-20(15)24(32)22-23(16-6-5-7-17(28)13-16)31(26(34)25(22)33)27-30-14-21(37-27)38(35,36)19-8-3-2-4-9-19/h2-14,23,32H,29H2,1H3. The Balaban J connectivity index is 1.69. The number of nitrogens with two attached hydrogens (primary N) is 1. The van der Waals surface area contributed by atoms with Gasteiger partial charge in [-0.1, -0.05) is 53.3 Å². The van der Waals surface area contributed by atoms with Crippen molar-refractivity contribution in [1.82, 2.24) is 4.98 Å². The van der Waals surface area contributed by atoms with Crippen molar-refractivity contribution in [2.75, 3.05) is 10.6 Å². The van der Waals surface area contributed by atoms with Crippen LogP contribution in [0.4, 0.5) is 10.8 Å². The van der Waals surface area contributed by atoms with Crippen LogP contribution in [0.2, 0.25) is 5.02 Å². The Kier molecular flexibility index (Phi) is 6.56. The fourth-order valence-electron chi connectivity index (χ4n) is 4.32. The Morgan fingerprint density at radius 2 is 1.79 bits per heavy atom. The number of amides is 1. The molecule has 0 bridgehead atoms. The minimum absolute atomic E-state index is 0.0142. The van der Waals surface area contributed by atoms with E-state index in [1.807, 2.05) is 0 Å². The molecule has 4 aromatic rings. The predicted molar refractivity (Wildman–Crippen MR) is 146 cm³/mol. The number of carbonyl (C=O) groups is 2. The van der Waals surface area contributed by atoms with Crippen LogP contribution in [0, 0.1) is 6.92 Å². The number of aliphatic hydroxyl groups excluding tert-OH is 1. The number of halogens is 1. The lowest BCUT2D eigenvalue weighted by Crippen LogP contribution is -2.29. The highest BCUT2D eigenvalue weighted by atomic mass is 35.5. The van der Waals surface area contributed by atoms with Gasteiger partial charge in [0.2, 0.25) is 9.84 Å². The molecule has 1 fully saturated rings. The quantitative estimate of drug-likeness (QED) is 0.148. The van der Waals surface area contributed by atoms with Crippen LogP contribution in [0.15, 0.2) is 93.7 Å². The van der Waals surface area contributed by atoms with E-state index in [0.717, 1.165) is 22.4 Å². The van der Waals surface area contributed by atoms with Crippen LogP contribution in [0.25, 0.3) is 5.76 Å². The summed E-state index contributed by atoms with van der Waals surface area (Å²) in [5.74, 6) is -2.28. The number of nitrogens with zero attached hydrogens (tertiary/aromatic N) is 2. The van der Waals surface area contributed by atoms with Gasteiger partial charge < -0.3 is 10.8 Å². The number of benzene rings is 3.